The highest BCUT2D eigenvalue weighted by Gasteiger charge is 2.24. The highest BCUT2D eigenvalue weighted by atomic mass is 79.9. The summed E-state index contributed by atoms with van der Waals surface area (Å²) in [6.45, 7) is 0.821. The molecule has 0 spiro atoms. The lowest BCUT2D eigenvalue weighted by Gasteiger charge is -2.25. The average molecular weight is 259 g/mol. The lowest BCUT2D eigenvalue weighted by Crippen LogP contribution is -2.20. The lowest BCUT2D eigenvalue weighted by atomic mass is 9.82. The van der Waals surface area contributed by atoms with Crippen LogP contribution >= 0.6 is 15.9 Å². The van der Waals surface area contributed by atoms with E-state index in [1.54, 1.807) is 6.20 Å². The Kier molecular flexibility index (Phi) is 3.23. The van der Waals surface area contributed by atoms with Crippen molar-refractivity contribution in [2.75, 3.05) is 6.54 Å². The summed E-state index contributed by atoms with van der Waals surface area (Å²) in [6.07, 6.45) is 6.47. The molecule has 0 bridgehead atoms. The van der Waals surface area contributed by atoms with Gasteiger partial charge in [-0.2, -0.15) is 0 Å². The fourth-order valence-corrected chi connectivity index (χ4v) is 2.37. The number of nitrogens with two attached hydrogens (primary N) is 1. The number of aromatic nitrogens is 1. The van der Waals surface area contributed by atoms with Crippen LogP contribution in [-0.4, -0.2) is 11.5 Å². The molecule has 0 amide bonds. The minimum Gasteiger partial charge on any atom is -0.434 e. The second kappa shape index (κ2) is 4.45. The van der Waals surface area contributed by atoms with Crippen LogP contribution in [0.15, 0.2) is 15.3 Å². The molecule has 3 nitrogen and oxygen atoms in total. The normalized spacial score (nSPS) is 27.9. The molecule has 1 saturated carbocycles. The van der Waals surface area contributed by atoms with E-state index >= 15 is 0 Å². The lowest BCUT2D eigenvalue weighted by molar-refractivity contribution is 0.295. The maximum atomic E-state index is 5.64. The van der Waals surface area contributed by atoms with Crippen LogP contribution in [0.2, 0.25) is 0 Å². The van der Waals surface area contributed by atoms with Gasteiger partial charge in [0.05, 0.1) is 6.20 Å². The molecule has 0 unspecified atom stereocenters. The largest absolute Gasteiger partial charge is 0.434 e. The molecule has 0 atom stereocenters. The zero-order chi connectivity index (χ0) is 9.97. The monoisotopic (exact) mass is 258 g/mol. The van der Waals surface area contributed by atoms with E-state index in [0.717, 1.165) is 29.9 Å². The van der Waals surface area contributed by atoms with Crippen molar-refractivity contribution in [2.45, 2.75) is 31.6 Å². The molecule has 0 saturated heterocycles. The van der Waals surface area contributed by atoms with Gasteiger partial charge in [0, 0.05) is 5.92 Å². The predicted molar refractivity (Wildman–Crippen MR) is 58.0 cm³/mol. The fraction of sp³-hybridized carbons (Fsp3) is 0.700. The molecule has 1 fully saturated rings. The van der Waals surface area contributed by atoms with Crippen molar-refractivity contribution in [1.82, 2.24) is 4.98 Å². The predicted octanol–water partition coefficient (Wildman–Crippen LogP) is 2.67. The molecular formula is C10H15BrN2O. The van der Waals surface area contributed by atoms with Gasteiger partial charge >= 0.3 is 0 Å². The Morgan fingerprint density at radius 1 is 1.43 bits per heavy atom. The Morgan fingerprint density at radius 3 is 2.64 bits per heavy atom. The molecule has 14 heavy (non-hydrogen) atoms. The van der Waals surface area contributed by atoms with Crippen LogP contribution < -0.4 is 5.73 Å². The summed E-state index contributed by atoms with van der Waals surface area (Å²) in [4.78, 5) is 4.25. The van der Waals surface area contributed by atoms with E-state index in [-0.39, 0.29) is 0 Å². The van der Waals surface area contributed by atoms with E-state index in [1.807, 2.05) is 0 Å². The molecule has 1 heterocycles. The molecule has 1 aliphatic rings. The number of hydrogen-bond acceptors (Lipinski definition) is 3. The van der Waals surface area contributed by atoms with Crippen LogP contribution in [0.5, 0.6) is 0 Å². The quantitative estimate of drug-likeness (QED) is 0.888. The Balaban J connectivity index is 1.95. The van der Waals surface area contributed by atoms with Crippen molar-refractivity contribution < 1.29 is 4.42 Å². The Hall–Kier alpha value is -0.350. The summed E-state index contributed by atoms with van der Waals surface area (Å²) in [5, 5.41) is 0. The number of nitrogens with zero attached hydrogens (tertiary/aromatic N) is 1. The highest BCUT2D eigenvalue weighted by Crippen LogP contribution is 2.35. The van der Waals surface area contributed by atoms with Gasteiger partial charge in [-0.3, -0.25) is 0 Å². The van der Waals surface area contributed by atoms with Gasteiger partial charge in [-0.1, -0.05) is 0 Å². The third-order valence-corrected chi connectivity index (χ3v) is 3.39. The first-order chi connectivity index (χ1) is 6.79. The minimum absolute atomic E-state index is 0.504. The first-order valence-corrected chi connectivity index (χ1v) is 5.90. The van der Waals surface area contributed by atoms with Crippen molar-refractivity contribution in [3.05, 3.63) is 16.8 Å². The third-order valence-electron chi connectivity index (χ3n) is 3.02. The molecule has 2 N–H and O–H groups in total. The third kappa shape index (κ3) is 2.17. The number of rotatable bonds is 2. The van der Waals surface area contributed by atoms with Crippen LogP contribution in [0.3, 0.4) is 0 Å². The van der Waals surface area contributed by atoms with Gasteiger partial charge in [0.2, 0.25) is 0 Å². The van der Waals surface area contributed by atoms with Crippen LogP contribution in [-0.2, 0) is 0 Å². The molecule has 1 aromatic heterocycles. The maximum absolute atomic E-state index is 5.64. The Labute approximate surface area is 92.2 Å². The van der Waals surface area contributed by atoms with Gasteiger partial charge in [-0.05, 0) is 54.1 Å². The standard InChI is InChI=1S/C10H15BrN2O/c11-9-6-13-10(14-9)8-3-1-7(5-12)2-4-8/h6-8H,1-5,12H2. The zero-order valence-corrected chi connectivity index (χ0v) is 9.66. The van der Waals surface area contributed by atoms with Gasteiger partial charge in [0.1, 0.15) is 0 Å². The maximum Gasteiger partial charge on any atom is 0.198 e. The molecule has 2 rings (SSSR count). The average Bonchev–Trinajstić information content (AvgIpc) is 2.65. The van der Waals surface area contributed by atoms with E-state index in [1.165, 1.54) is 12.8 Å². The van der Waals surface area contributed by atoms with Crippen LogP contribution in [0.4, 0.5) is 0 Å². The highest BCUT2D eigenvalue weighted by molar-refractivity contribution is 9.10. The molecule has 4 heteroatoms. The van der Waals surface area contributed by atoms with Crippen molar-refractivity contribution >= 4 is 15.9 Å². The zero-order valence-electron chi connectivity index (χ0n) is 8.08. The second-order valence-electron chi connectivity index (χ2n) is 3.96. The molecule has 1 aliphatic carbocycles. The van der Waals surface area contributed by atoms with Gasteiger partial charge in [-0.15, -0.1) is 0 Å². The first kappa shape index (κ1) is 10.2. The Bertz CT molecular complexity index is 292. The van der Waals surface area contributed by atoms with Gasteiger partial charge < -0.3 is 10.2 Å². The molecule has 0 aliphatic heterocycles. The van der Waals surface area contributed by atoms with Crippen molar-refractivity contribution in [3.63, 3.8) is 0 Å². The number of halogens is 1. The van der Waals surface area contributed by atoms with Crippen LogP contribution in [0, 0.1) is 5.92 Å². The van der Waals surface area contributed by atoms with Gasteiger partial charge in [0.15, 0.2) is 10.6 Å². The van der Waals surface area contributed by atoms with E-state index < -0.39 is 0 Å². The minimum atomic E-state index is 0.504. The smallest absolute Gasteiger partial charge is 0.198 e. The summed E-state index contributed by atoms with van der Waals surface area (Å²) in [7, 11) is 0. The number of oxazole rings is 1. The van der Waals surface area contributed by atoms with Crippen molar-refractivity contribution in [1.29, 1.82) is 0 Å². The Morgan fingerprint density at radius 2 is 2.14 bits per heavy atom. The molecule has 0 aromatic carbocycles. The number of hydrogen-bond donors (Lipinski definition) is 1. The molecule has 1 aromatic rings. The summed E-state index contributed by atoms with van der Waals surface area (Å²) in [5.74, 6) is 2.10. The summed E-state index contributed by atoms with van der Waals surface area (Å²) in [5.41, 5.74) is 5.64. The molecule has 78 valence electrons. The summed E-state index contributed by atoms with van der Waals surface area (Å²) < 4.78 is 6.20. The van der Waals surface area contributed by atoms with Crippen molar-refractivity contribution in [2.24, 2.45) is 11.7 Å². The van der Waals surface area contributed by atoms with Gasteiger partial charge in [0.25, 0.3) is 0 Å². The van der Waals surface area contributed by atoms with Crippen molar-refractivity contribution in [3.8, 4) is 0 Å². The van der Waals surface area contributed by atoms with Gasteiger partial charge in [-0.25, -0.2) is 4.98 Å². The second-order valence-corrected chi connectivity index (χ2v) is 4.74. The summed E-state index contributed by atoms with van der Waals surface area (Å²) >= 11 is 3.28. The van der Waals surface area contributed by atoms with E-state index in [9.17, 15) is 0 Å². The van der Waals surface area contributed by atoms with E-state index in [4.69, 9.17) is 10.2 Å². The van der Waals surface area contributed by atoms with E-state index in [0.29, 0.717) is 11.8 Å². The summed E-state index contributed by atoms with van der Waals surface area (Å²) in [6, 6.07) is 0. The SMILES string of the molecule is NCC1CCC(c2ncc(Br)o2)CC1. The first-order valence-electron chi connectivity index (χ1n) is 5.11. The van der Waals surface area contributed by atoms with Crippen LogP contribution in [0.1, 0.15) is 37.5 Å². The van der Waals surface area contributed by atoms with Crippen LogP contribution in [0.25, 0.3) is 0 Å². The fourth-order valence-electron chi connectivity index (χ4n) is 2.10. The molecule has 0 radical (unpaired) electrons. The topological polar surface area (TPSA) is 52.0 Å². The van der Waals surface area contributed by atoms with E-state index in [2.05, 4.69) is 20.9 Å². The molecular weight excluding hydrogens is 244 g/mol.